The number of carboxylic acids is 2. The van der Waals surface area contributed by atoms with Crippen molar-refractivity contribution in [3.05, 3.63) is 0 Å². The number of guanidine groups is 1. The number of hydrogen-bond acceptors (Lipinski definition) is 7. The smallest absolute Gasteiger partial charge is 0.326 e. The normalized spacial score (nSPS) is 15.1. The molecule has 0 aromatic heterocycles. The lowest BCUT2D eigenvalue weighted by Crippen LogP contribution is -2.58. The number of carboxylic acid groups (broad SMARTS) is 2. The van der Waals surface area contributed by atoms with Crippen molar-refractivity contribution in [1.29, 1.82) is 0 Å². The average Bonchev–Trinajstić information content (AvgIpc) is 2.77. The number of aliphatic imine (C=N–C) groups is 1. The molecule has 0 heterocycles. The molecule has 0 saturated carbocycles. The van der Waals surface area contributed by atoms with Gasteiger partial charge in [-0.25, -0.2) is 4.79 Å². The third-order valence-corrected chi connectivity index (χ3v) is 5.47. The van der Waals surface area contributed by atoms with Crippen molar-refractivity contribution in [1.82, 2.24) is 16.0 Å². The molecule has 0 spiro atoms. The van der Waals surface area contributed by atoms with Gasteiger partial charge >= 0.3 is 11.9 Å². The van der Waals surface area contributed by atoms with Crippen LogP contribution in [0, 0.1) is 11.8 Å². The van der Waals surface area contributed by atoms with E-state index < -0.39 is 60.2 Å². The standard InChI is InChI=1S/C22H41N7O7/c1-5-12(4)17(23)20(34)29-15(10-16(30)31)19(33)28-14(9-11(2)3)18(32)27-13(21(35)36)7-6-8-26-22(24)25/h11-15,17H,5-10,23H2,1-4H3,(H,27,32)(H,28,33)(H,29,34)(H,30,31)(H,35,36)(H4,24,25,26). The van der Waals surface area contributed by atoms with Gasteiger partial charge < -0.3 is 43.4 Å². The number of nitrogens with zero attached hydrogens (tertiary/aromatic N) is 1. The predicted octanol–water partition coefficient (Wildman–Crippen LogP) is -1.53. The highest BCUT2D eigenvalue weighted by atomic mass is 16.4. The summed E-state index contributed by atoms with van der Waals surface area (Å²) in [5.41, 5.74) is 16.4. The van der Waals surface area contributed by atoms with Gasteiger partial charge in [0.25, 0.3) is 0 Å². The van der Waals surface area contributed by atoms with Crippen molar-refractivity contribution >= 4 is 35.6 Å². The number of carbonyl (C=O) groups excluding carboxylic acids is 3. The lowest BCUT2D eigenvalue weighted by atomic mass is 9.98. The van der Waals surface area contributed by atoms with Gasteiger partial charge in [-0.2, -0.15) is 0 Å². The van der Waals surface area contributed by atoms with Gasteiger partial charge in [0.2, 0.25) is 17.7 Å². The molecule has 0 aliphatic rings. The van der Waals surface area contributed by atoms with Crippen LogP contribution in [0.5, 0.6) is 0 Å². The second-order valence-corrected chi connectivity index (χ2v) is 9.11. The minimum absolute atomic E-state index is 0.0331. The van der Waals surface area contributed by atoms with Gasteiger partial charge in [0.1, 0.15) is 18.1 Å². The maximum atomic E-state index is 12.9. The van der Waals surface area contributed by atoms with Crippen molar-refractivity contribution < 1.29 is 34.2 Å². The highest BCUT2D eigenvalue weighted by Crippen LogP contribution is 2.09. The number of aliphatic carboxylic acids is 2. The largest absolute Gasteiger partial charge is 0.481 e. The average molecular weight is 516 g/mol. The molecule has 0 radical (unpaired) electrons. The van der Waals surface area contributed by atoms with Crippen LogP contribution in [0.15, 0.2) is 4.99 Å². The molecule has 14 heteroatoms. The molecule has 0 saturated heterocycles. The van der Waals surface area contributed by atoms with E-state index in [1.807, 2.05) is 6.92 Å². The Bertz CT molecular complexity index is 800. The SMILES string of the molecule is CCC(C)C(N)C(=O)NC(CC(=O)O)C(=O)NC(CC(C)C)C(=O)NC(CCCN=C(N)N)C(=O)O. The Hall–Kier alpha value is -3.42. The summed E-state index contributed by atoms with van der Waals surface area (Å²) in [5.74, 6) is -5.41. The summed E-state index contributed by atoms with van der Waals surface area (Å²) in [7, 11) is 0. The van der Waals surface area contributed by atoms with Crippen LogP contribution >= 0.6 is 0 Å². The van der Waals surface area contributed by atoms with Crippen molar-refractivity contribution in [2.75, 3.05) is 6.54 Å². The second kappa shape index (κ2) is 16.3. The molecule has 0 aromatic carbocycles. The van der Waals surface area contributed by atoms with E-state index in [0.29, 0.717) is 6.42 Å². The first-order chi connectivity index (χ1) is 16.7. The number of carbonyl (C=O) groups is 5. The van der Waals surface area contributed by atoms with Gasteiger partial charge in [0, 0.05) is 6.54 Å². The van der Waals surface area contributed by atoms with Gasteiger partial charge in [-0.15, -0.1) is 0 Å². The first kappa shape index (κ1) is 32.6. The van der Waals surface area contributed by atoms with E-state index in [1.54, 1.807) is 20.8 Å². The first-order valence-corrected chi connectivity index (χ1v) is 11.9. The summed E-state index contributed by atoms with van der Waals surface area (Å²) in [6.07, 6.45) is 0.310. The maximum Gasteiger partial charge on any atom is 0.326 e. The van der Waals surface area contributed by atoms with E-state index >= 15 is 0 Å². The van der Waals surface area contributed by atoms with E-state index in [0.717, 1.165) is 0 Å². The molecular formula is C22H41N7O7. The van der Waals surface area contributed by atoms with Gasteiger partial charge in [-0.1, -0.05) is 34.1 Å². The fourth-order valence-electron chi connectivity index (χ4n) is 3.17. The molecule has 206 valence electrons. The molecule has 0 rings (SSSR count). The minimum Gasteiger partial charge on any atom is -0.481 e. The van der Waals surface area contributed by atoms with Crippen LogP contribution in [0.2, 0.25) is 0 Å². The summed E-state index contributed by atoms with van der Waals surface area (Å²) in [5, 5.41) is 25.9. The molecule has 14 nitrogen and oxygen atoms in total. The molecule has 0 aromatic rings. The maximum absolute atomic E-state index is 12.9. The number of nitrogens with one attached hydrogen (secondary N) is 3. The third-order valence-electron chi connectivity index (χ3n) is 5.47. The zero-order valence-corrected chi connectivity index (χ0v) is 21.3. The summed E-state index contributed by atoms with van der Waals surface area (Å²) in [6.45, 7) is 7.33. The van der Waals surface area contributed by atoms with E-state index in [2.05, 4.69) is 20.9 Å². The minimum atomic E-state index is -1.48. The highest BCUT2D eigenvalue weighted by Gasteiger charge is 2.32. The number of amides is 3. The molecule has 0 bridgehead atoms. The van der Waals surface area contributed by atoms with Crippen LogP contribution in [-0.2, 0) is 24.0 Å². The van der Waals surface area contributed by atoms with E-state index in [4.69, 9.17) is 17.2 Å². The van der Waals surface area contributed by atoms with Crippen molar-refractivity contribution in [3.8, 4) is 0 Å². The zero-order valence-electron chi connectivity index (χ0n) is 21.3. The topological polar surface area (TPSA) is 252 Å². The monoisotopic (exact) mass is 515 g/mol. The van der Waals surface area contributed by atoms with Gasteiger partial charge in [-0.3, -0.25) is 24.2 Å². The first-order valence-electron chi connectivity index (χ1n) is 11.9. The third kappa shape index (κ3) is 12.9. The van der Waals surface area contributed by atoms with Crippen LogP contribution in [0.4, 0.5) is 0 Å². The number of hydrogen-bond donors (Lipinski definition) is 8. The molecule has 0 fully saturated rings. The predicted molar refractivity (Wildman–Crippen MR) is 132 cm³/mol. The second-order valence-electron chi connectivity index (χ2n) is 9.11. The van der Waals surface area contributed by atoms with Crippen LogP contribution < -0.4 is 33.2 Å². The zero-order chi connectivity index (χ0) is 28.0. The van der Waals surface area contributed by atoms with E-state index in [-0.39, 0.29) is 43.6 Å². The molecule has 11 N–H and O–H groups in total. The van der Waals surface area contributed by atoms with Gasteiger partial charge in [0.15, 0.2) is 5.96 Å². The Kier molecular flexibility index (Phi) is 14.7. The van der Waals surface area contributed by atoms with Crippen molar-refractivity contribution in [2.45, 2.75) is 84.0 Å². The molecular weight excluding hydrogens is 474 g/mol. The molecule has 5 atom stereocenters. The van der Waals surface area contributed by atoms with E-state index in [9.17, 15) is 34.2 Å². The van der Waals surface area contributed by atoms with Crippen molar-refractivity contribution in [3.63, 3.8) is 0 Å². The quantitative estimate of drug-likeness (QED) is 0.0630. The Morgan fingerprint density at radius 3 is 1.86 bits per heavy atom. The Balaban J connectivity index is 5.52. The molecule has 3 amide bonds. The number of nitrogens with two attached hydrogens (primary N) is 3. The van der Waals surface area contributed by atoms with Gasteiger partial charge in [-0.05, 0) is 31.1 Å². The van der Waals surface area contributed by atoms with Crippen LogP contribution in [0.25, 0.3) is 0 Å². The van der Waals surface area contributed by atoms with Crippen molar-refractivity contribution in [2.24, 2.45) is 34.0 Å². The van der Waals surface area contributed by atoms with Crippen LogP contribution in [-0.4, -0.2) is 76.5 Å². The highest BCUT2D eigenvalue weighted by molar-refractivity contribution is 5.95. The summed E-state index contributed by atoms with van der Waals surface area (Å²) in [4.78, 5) is 64.9. The summed E-state index contributed by atoms with van der Waals surface area (Å²) in [6, 6.07) is -4.87. The van der Waals surface area contributed by atoms with Gasteiger partial charge in [0.05, 0.1) is 12.5 Å². The fourth-order valence-corrected chi connectivity index (χ4v) is 3.17. The molecule has 0 aliphatic heterocycles. The number of rotatable bonds is 17. The Morgan fingerprint density at radius 2 is 1.39 bits per heavy atom. The summed E-state index contributed by atoms with van der Waals surface area (Å²) >= 11 is 0. The molecule has 5 unspecified atom stereocenters. The molecule has 36 heavy (non-hydrogen) atoms. The lowest BCUT2D eigenvalue weighted by Gasteiger charge is -2.26. The van der Waals surface area contributed by atoms with Crippen LogP contribution in [0.3, 0.4) is 0 Å². The lowest BCUT2D eigenvalue weighted by molar-refractivity contribution is -0.143. The van der Waals surface area contributed by atoms with E-state index in [1.165, 1.54) is 0 Å². The van der Waals surface area contributed by atoms with Crippen LogP contribution in [0.1, 0.15) is 59.8 Å². The molecule has 0 aliphatic carbocycles. The fraction of sp³-hybridized carbons (Fsp3) is 0.727. The Labute approximate surface area is 210 Å². The summed E-state index contributed by atoms with van der Waals surface area (Å²) < 4.78 is 0. The Morgan fingerprint density at radius 1 is 0.861 bits per heavy atom.